The van der Waals surface area contributed by atoms with Crippen LogP contribution >= 0.6 is 0 Å². The molecule has 2 aromatic carbocycles. The molecule has 1 aromatic heterocycles. The van der Waals surface area contributed by atoms with E-state index in [0.29, 0.717) is 18.8 Å². The van der Waals surface area contributed by atoms with E-state index in [2.05, 4.69) is 0 Å². The molecule has 0 radical (unpaired) electrons. The van der Waals surface area contributed by atoms with Gasteiger partial charge in [0.15, 0.2) is 17.3 Å². The summed E-state index contributed by atoms with van der Waals surface area (Å²) in [5, 5.41) is 0.952. The number of hydrogen-bond donors (Lipinski definition) is 0. The number of carbonyl (C=O) groups excluding carboxylic acids is 1. The van der Waals surface area contributed by atoms with Crippen molar-refractivity contribution in [2.75, 3.05) is 13.1 Å². The van der Waals surface area contributed by atoms with E-state index in [1.807, 2.05) is 32.0 Å². The van der Waals surface area contributed by atoms with E-state index in [1.165, 1.54) is 6.07 Å². The molecule has 1 amide bonds. The Labute approximate surface area is 144 Å². The summed E-state index contributed by atoms with van der Waals surface area (Å²) >= 11 is 0. The minimum absolute atomic E-state index is 0.153. The zero-order valence-corrected chi connectivity index (χ0v) is 14.1. The SMILES string of the molecule is Cc1ccc2c(C)c(C(=O)N3CC(Oc4ccccc4F)C3)oc2c1. The second kappa shape index (κ2) is 5.92. The van der Waals surface area contributed by atoms with Crippen LogP contribution in [0.25, 0.3) is 11.0 Å². The predicted octanol–water partition coefficient (Wildman–Crippen LogP) is 4.09. The molecular formula is C20H18FNO3. The van der Waals surface area contributed by atoms with E-state index in [-0.39, 0.29) is 17.8 Å². The predicted molar refractivity (Wildman–Crippen MR) is 92.4 cm³/mol. The van der Waals surface area contributed by atoms with Gasteiger partial charge in [-0.05, 0) is 37.6 Å². The molecule has 3 aromatic rings. The topological polar surface area (TPSA) is 42.7 Å². The molecule has 0 spiro atoms. The lowest BCUT2D eigenvalue weighted by Gasteiger charge is -2.38. The molecule has 0 atom stereocenters. The van der Waals surface area contributed by atoms with Gasteiger partial charge in [-0.25, -0.2) is 4.39 Å². The van der Waals surface area contributed by atoms with Gasteiger partial charge >= 0.3 is 0 Å². The zero-order valence-electron chi connectivity index (χ0n) is 14.1. The smallest absolute Gasteiger partial charge is 0.290 e. The molecule has 2 heterocycles. The maximum atomic E-state index is 13.6. The number of ether oxygens (including phenoxy) is 1. The average molecular weight is 339 g/mol. The molecular weight excluding hydrogens is 321 g/mol. The number of fused-ring (bicyclic) bond motifs is 1. The number of halogens is 1. The van der Waals surface area contributed by atoms with Crippen molar-refractivity contribution in [3.63, 3.8) is 0 Å². The molecule has 128 valence electrons. The number of likely N-dealkylation sites (tertiary alicyclic amines) is 1. The zero-order chi connectivity index (χ0) is 17.6. The minimum atomic E-state index is -0.393. The van der Waals surface area contributed by atoms with Gasteiger partial charge in [-0.2, -0.15) is 0 Å². The molecule has 0 bridgehead atoms. The summed E-state index contributed by atoms with van der Waals surface area (Å²) < 4.78 is 25.0. The fraction of sp³-hybridized carbons (Fsp3) is 0.250. The normalized spacial score (nSPS) is 14.6. The van der Waals surface area contributed by atoms with Crippen LogP contribution in [0.5, 0.6) is 5.75 Å². The molecule has 1 aliphatic heterocycles. The van der Waals surface area contributed by atoms with Crippen molar-refractivity contribution in [2.45, 2.75) is 20.0 Å². The van der Waals surface area contributed by atoms with Crippen molar-refractivity contribution < 1.29 is 18.3 Å². The summed E-state index contributed by atoms with van der Waals surface area (Å²) in [6.45, 7) is 4.71. The number of carbonyl (C=O) groups is 1. The van der Waals surface area contributed by atoms with Gasteiger partial charge < -0.3 is 14.1 Å². The Hall–Kier alpha value is -2.82. The Morgan fingerprint density at radius 2 is 1.96 bits per heavy atom. The number of hydrogen-bond acceptors (Lipinski definition) is 3. The van der Waals surface area contributed by atoms with Crippen molar-refractivity contribution in [1.29, 1.82) is 0 Å². The lowest BCUT2D eigenvalue weighted by molar-refractivity contribution is 0.0142. The van der Waals surface area contributed by atoms with E-state index in [0.717, 1.165) is 22.1 Å². The number of benzene rings is 2. The van der Waals surface area contributed by atoms with Crippen molar-refractivity contribution >= 4 is 16.9 Å². The Morgan fingerprint density at radius 1 is 1.20 bits per heavy atom. The molecule has 0 unspecified atom stereocenters. The van der Waals surface area contributed by atoms with Crippen molar-refractivity contribution in [1.82, 2.24) is 4.90 Å². The maximum absolute atomic E-state index is 13.6. The number of aryl methyl sites for hydroxylation is 2. The van der Waals surface area contributed by atoms with E-state index >= 15 is 0 Å². The van der Waals surface area contributed by atoms with E-state index in [4.69, 9.17) is 9.15 Å². The largest absolute Gasteiger partial charge is 0.484 e. The highest BCUT2D eigenvalue weighted by molar-refractivity contribution is 5.99. The Balaban J connectivity index is 1.47. The maximum Gasteiger partial charge on any atom is 0.290 e. The number of nitrogens with zero attached hydrogens (tertiary/aromatic N) is 1. The first-order chi connectivity index (χ1) is 12.0. The van der Waals surface area contributed by atoms with Gasteiger partial charge in [0.2, 0.25) is 0 Å². The van der Waals surface area contributed by atoms with Gasteiger partial charge in [0.1, 0.15) is 11.7 Å². The monoisotopic (exact) mass is 339 g/mol. The van der Waals surface area contributed by atoms with E-state index < -0.39 is 5.82 Å². The Kier molecular flexibility index (Phi) is 3.71. The van der Waals surface area contributed by atoms with Gasteiger partial charge in [0.05, 0.1) is 13.1 Å². The molecule has 4 nitrogen and oxygen atoms in total. The molecule has 4 rings (SSSR count). The third-order valence-electron chi connectivity index (χ3n) is 4.55. The average Bonchev–Trinajstić information content (AvgIpc) is 2.87. The standard InChI is InChI=1S/C20H18FNO3/c1-12-7-8-15-13(2)19(25-18(15)9-12)20(23)22-10-14(11-22)24-17-6-4-3-5-16(17)21/h3-9,14H,10-11H2,1-2H3. The molecule has 5 heteroatoms. The first-order valence-corrected chi connectivity index (χ1v) is 8.23. The van der Waals surface area contributed by atoms with Crippen LogP contribution in [0.15, 0.2) is 46.9 Å². The fourth-order valence-electron chi connectivity index (χ4n) is 3.08. The minimum Gasteiger partial charge on any atom is -0.484 e. The van der Waals surface area contributed by atoms with Crippen LogP contribution in [-0.4, -0.2) is 30.0 Å². The first-order valence-electron chi connectivity index (χ1n) is 8.23. The van der Waals surface area contributed by atoms with Crippen LogP contribution in [0, 0.1) is 19.7 Å². The highest BCUT2D eigenvalue weighted by Crippen LogP contribution is 2.29. The molecule has 1 aliphatic rings. The lowest BCUT2D eigenvalue weighted by atomic mass is 10.1. The first kappa shape index (κ1) is 15.7. The van der Waals surface area contributed by atoms with Gasteiger partial charge in [-0.15, -0.1) is 0 Å². The second-order valence-electron chi connectivity index (χ2n) is 6.44. The molecule has 0 saturated carbocycles. The molecule has 0 N–H and O–H groups in total. The summed E-state index contributed by atoms with van der Waals surface area (Å²) in [4.78, 5) is 14.3. The van der Waals surface area contributed by atoms with Gasteiger partial charge in [-0.3, -0.25) is 4.79 Å². The fourth-order valence-corrected chi connectivity index (χ4v) is 3.08. The summed E-state index contributed by atoms with van der Waals surface area (Å²) in [7, 11) is 0. The van der Waals surface area contributed by atoms with Gasteiger partial charge in [-0.1, -0.05) is 24.3 Å². The van der Waals surface area contributed by atoms with Gasteiger partial charge in [0, 0.05) is 10.9 Å². The quantitative estimate of drug-likeness (QED) is 0.722. The van der Waals surface area contributed by atoms with E-state index in [9.17, 15) is 9.18 Å². The molecule has 0 aliphatic carbocycles. The van der Waals surface area contributed by atoms with Crippen LogP contribution in [0.4, 0.5) is 4.39 Å². The van der Waals surface area contributed by atoms with Gasteiger partial charge in [0.25, 0.3) is 5.91 Å². The third kappa shape index (κ3) is 2.76. The van der Waals surface area contributed by atoms with Crippen LogP contribution in [-0.2, 0) is 0 Å². The Bertz CT molecular complexity index is 957. The number of amides is 1. The van der Waals surface area contributed by atoms with Crippen molar-refractivity contribution in [3.8, 4) is 5.75 Å². The highest BCUT2D eigenvalue weighted by Gasteiger charge is 2.35. The summed E-state index contributed by atoms with van der Waals surface area (Å²) in [5.41, 5.74) is 2.65. The van der Waals surface area contributed by atoms with E-state index in [1.54, 1.807) is 23.1 Å². The molecule has 25 heavy (non-hydrogen) atoms. The van der Waals surface area contributed by atoms with Crippen LogP contribution in [0.3, 0.4) is 0 Å². The Morgan fingerprint density at radius 3 is 2.72 bits per heavy atom. The third-order valence-corrected chi connectivity index (χ3v) is 4.55. The number of furan rings is 1. The molecule has 1 saturated heterocycles. The summed E-state index contributed by atoms with van der Waals surface area (Å²) in [6, 6.07) is 12.2. The number of rotatable bonds is 3. The molecule has 1 fully saturated rings. The van der Waals surface area contributed by atoms with Crippen LogP contribution in [0.1, 0.15) is 21.7 Å². The lowest BCUT2D eigenvalue weighted by Crippen LogP contribution is -2.56. The summed E-state index contributed by atoms with van der Waals surface area (Å²) in [6.07, 6.45) is -0.201. The summed E-state index contributed by atoms with van der Waals surface area (Å²) in [5.74, 6) is 0.0374. The van der Waals surface area contributed by atoms with Crippen molar-refractivity contribution in [3.05, 3.63) is 65.2 Å². The van der Waals surface area contributed by atoms with Crippen molar-refractivity contribution in [2.24, 2.45) is 0 Å². The van der Waals surface area contributed by atoms with Crippen LogP contribution < -0.4 is 4.74 Å². The van der Waals surface area contributed by atoms with Crippen LogP contribution in [0.2, 0.25) is 0 Å². The number of para-hydroxylation sites is 1. The highest BCUT2D eigenvalue weighted by atomic mass is 19.1. The second-order valence-corrected chi connectivity index (χ2v) is 6.44.